The van der Waals surface area contributed by atoms with Crippen LogP contribution < -0.4 is 9.61 Å². The maximum Gasteiger partial charge on any atom is 0.456 e. The summed E-state index contributed by atoms with van der Waals surface area (Å²) in [5.74, 6) is -0.371. The SMILES string of the molecule is CC.CC(C)OC(=O)CNP(=O)(O)Oc1ccccc1. The molecule has 0 saturated heterocycles. The summed E-state index contributed by atoms with van der Waals surface area (Å²) in [6.45, 7) is 6.99. The highest BCUT2D eigenvalue weighted by Gasteiger charge is 2.22. The van der Waals surface area contributed by atoms with Crippen LogP contribution in [-0.2, 0) is 14.1 Å². The van der Waals surface area contributed by atoms with E-state index >= 15 is 0 Å². The summed E-state index contributed by atoms with van der Waals surface area (Å²) < 4.78 is 21.2. The van der Waals surface area contributed by atoms with Gasteiger partial charge in [-0.3, -0.25) is 4.79 Å². The lowest BCUT2D eigenvalue weighted by Gasteiger charge is -2.14. The number of para-hydroxylation sites is 1. The Balaban J connectivity index is 0.00000172. The van der Waals surface area contributed by atoms with Crippen molar-refractivity contribution in [3.8, 4) is 5.75 Å². The summed E-state index contributed by atoms with van der Waals surface area (Å²) in [6.07, 6.45) is -0.271. The van der Waals surface area contributed by atoms with E-state index in [1.807, 2.05) is 13.8 Å². The Hall–Kier alpha value is -1.36. The van der Waals surface area contributed by atoms with Gasteiger partial charge in [0, 0.05) is 0 Å². The highest BCUT2D eigenvalue weighted by atomic mass is 31.2. The van der Waals surface area contributed by atoms with Crippen molar-refractivity contribution in [2.45, 2.75) is 33.8 Å². The maximum atomic E-state index is 11.6. The second-order valence-electron chi connectivity index (χ2n) is 3.80. The molecule has 20 heavy (non-hydrogen) atoms. The third kappa shape index (κ3) is 8.69. The topological polar surface area (TPSA) is 84.9 Å². The Labute approximate surface area is 119 Å². The van der Waals surface area contributed by atoms with E-state index in [1.54, 1.807) is 32.0 Å². The van der Waals surface area contributed by atoms with Crippen LogP contribution in [0.5, 0.6) is 5.75 Å². The normalized spacial score (nSPS) is 12.9. The largest absolute Gasteiger partial charge is 0.462 e. The molecule has 0 spiro atoms. The number of carbonyl (C=O) groups is 1. The van der Waals surface area contributed by atoms with Gasteiger partial charge >= 0.3 is 13.7 Å². The number of nitrogens with one attached hydrogen (secondary N) is 1. The summed E-state index contributed by atoms with van der Waals surface area (Å²) in [6, 6.07) is 8.17. The highest BCUT2D eigenvalue weighted by Crippen LogP contribution is 2.37. The van der Waals surface area contributed by atoms with Crippen LogP contribution >= 0.6 is 7.75 Å². The lowest BCUT2D eigenvalue weighted by molar-refractivity contribution is -0.145. The Bertz CT molecular complexity index is 436. The van der Waals surface area contributed by atoms with E-state index in [-0.39, 0.29) is 11.9 Å². The van der Waals surface area contributed by atoms with Crippen molar-refractivity contribution in [2.75, 3.05) is 6.54 Å². The molecule has 0 aliphatic rings. The molecule has 0 aromatic heterocycles. The molecule has 0 bridgehead atoms. The van der Waals surface area contributed by atoms with Crippen molar-refractivity contribution in [3.63, 3.8) is 0 Å². The number of hydrogen-bond acceptors (Lipinski definition) is 4. The molecule has 0 heterocycles. The van der Waals surface area contributed by atoms with Crippen LogP contribution in [0.3, 0.4) is 0 Å². The van der Waals surface area contributed by atoms with Gasteiger partial charge in [-0.25, -0.2) is 9.65 Å². The van der Waals surface area contributed by atoms with E-state index in [1.165, 1.54) is 12.1 Å². The third-order valence-corrected chi connectivity index (χ3v) is 2.78. The molecule has 2 N–H and O–H groups in total. The van der Waals surface area contributed by atoms with Crippen molar-refractivity contribution in [1.29, 1.82) is 0 Å². The Kier molecular flexibility index (Phi) is 8.88. The zero-order valence-electron chi connectivity index (χ0n) is 12.2. The summed E-state index contributed by atoms with van der Waals surface area (Å²) >= 11 is 0. The van der Waals surface area contributed by atoms with Gasteiger partial charge in [-0.1, -0.05) is 32.0 Å². The van der Waals surface area contributed by atoms with Crippen LogP contribution in [0, 0.1) is 0 Å². The van der Waals surface area contributed by atoms with E-state index in [9.17, 15) is 14.3 Å². The molecule has 0 saturated carbocycles. The fraction of sp³-hybridized carbons (Fsp3) is 0.462. The molecular weight excluding hydrogens is 281 g/mol. The smallest absolute Gasteiger partial charge is 0.456 e. The lowest BCUT2D eigenvalue weighted by Crippen LogP contribution is -2.26. The van der Waals surface area contributed by atoms with E-state index in [2.05, 4.69) is 5.09 Å². The van der Waals surface area contributed by atoms with Crippen LogP contribution in [0.25, 0.3) is 0 Å². The molecular formula is C13H22NO5P. The first kappa shape index (κ1) is 18.6. The molecule has 1 atom stereocenters. The van der Waals surface area contributed by atoms with Gasteiger partial charge in [0.25, 0.3) is 0 Å². The molecule has 1 aromatic carbocycles. The molecule has 0 radical (unpaired) electrons. The third-order valence-electron chi connectivity index (χ3n) is 1.76. The maximum absolute atomic E-state index is 11.6. The van der Waals surface area contributed by atoms with Crippen LogP contribution in [0.2, 0.25) is 0 Å². The van der Waals surface area contributed by atoms with Gasteiger partial charge in [-0.2, -0.15) is 0 Å². The quantitative estimate of drug-likeness (QED) is 0.621. The minimum absolute atomic E-state index is 0.244. The van der Waals surface area contributed by atoms with Crippen LogP contribution in [0.1, 0.15) is 27.7 Å². The zero-order chi connectivity index (χ0) is 15.6. The van der Waals surface area contributed by atoms with Gasteiger partial charge in [-0.05, 0) is 26.0 Å². The van der Waals surface area contributed by atoms with Crippen LogP contribution in [0.15, 0.2) is 30.3 Å². The number of esters is 1. The van der Waals surface area contributed by atoms with Gasteiger partial charge in [-0.15, -0.1) is 0 Å². The standard InChI is InChI=1S/C11H16NO5P.C2H6/c1-9(2)16-11(13)8-12-18(14,15)17-10-6-4-3-5-7-10;1-2/h3-7,9H,8H2,1-2H3,(H2,12,14,15);1-2H3. The van der Waals surface area contributed by atoms with Gasteiger partial charge < -0.3 is 14.2 Å². The second-order valence-corrected chi connectivity index (χ2v) is 5.34. The van der Waals surface area contributed by atoms with Gasteiger partial charge in [0.05, 0.1) is 6.10 Å². The van der Waals surface area contributed by atoms with E-state index < -0.39 is 20.3 Å². The van der Waals surface area contributed by atoms with E-state index in [0.717, 1.165) is 0 Å². The van der Waals surface area contributed by atoms with E-state index in [4.69, 9.17) is 9.26 Å². The van der Waals surface area contributed by atoms with Gasteiger partial charge in [0.15, 0.2) is 0 Å². The molecule has 114 valence electrons. The van der Waals surface area contributed by atoms with Crippen molar-refractivity contribution in [2.24, 2.45) is 0 Å². The zero-order valence-corrected chi connectivity index (χ0v) is 13.1. The Morgan fingerprint density at radius 3 is 2.35 bits per heavy atom. The fourth-order valence-corrected chi connectivity index (χ4v) is 1.93. The highest BCUT2D eigenvalue weighted by molar-refractivity contribution is 7.51. The molecule has 0 aliphatic heterocycles. The van der Waals surface area contributed by atoms with Crippen molar-refractivity contribution in [3.05, 3.63) is 30.3 Å². The first-order valence-corrected chi connectivity index (χ1v) is 7.99. The van der Waals surface area contributed by atoms with Crippen molar-refractivity contribution in [1.82, 2.24) is 5.09 Å². The number of ether oxygens (including phenoxy) is 1. The molecule has 1 aromatic rings. The molecule has 7 heteroatoms. The van der Waals surface area contributed by atoms with Crippen LogP contribution in [0.4, 0.5) is 0 Å². The summed E-state index contributed by atoms with van der Waals surface area (Å²) in [5.41, 5.74) is 0. The Morgan fingerprint density at radius 2 is 1.85 bits per heavy atom. The number of carbonyl (C=O) groups excluding carboxylic acids is 1. The summed E-state index contributed by atoms with van der Waals surface area (Å²) in [7, 11) is -4.06. The van der Waals surface area contributed by atoms with E-state index in [0.29, 0.717) is 0 Å². The second kappa shape index (κ2) is 9.53. The minimum atomic E-state index is -4.06. The summed E-state index contributed by atoms with van der Waals surface area (Å²) in [5, 5.41) is 2.13. The number of benzene rings is 1. The van der Waals surface area contributed by atoms with Crippen molar-refractivity contribution >= 4 is 13.7 Å². The average molecular weight is 303 g/mol. The van der Waals surface area contributed by atoms with Gasteiger partial charge in [0.1, 0.15) is 12.3 Å². The van der Waals surface area contributed by atoms with Gasteiger partial charge in [0.2, 0.25) is 0 Å². The number of hydrogen-bond donors (Lipinski definition) is 2. The fourth-order valence-electron chi connectivity index (χ4n) is 1.13. The predicted octanol–water partition coefficient (Wildman–Crippen LogP) is 2.73. The summed E-state index contributed by atoms with van der Waals surface area (Å²) in [4.78, 5) is 20.6. The molecule has 0 amide bonds. The molecule has 0 aliphatic carbocycles. The molecule has 6 nitrogen and oxygen atoms in total. The lowest BCUT2D eigenvalue weighted by atomic mass is 10.3. The first-order chi connectivity index (χ1) is 9.39. The average Bonchev–Trinajstić information content (AvgIpc) is 2.39. The predicted molar refractivity (Wildman–Crippen MR) is 77.5 cm³/mol. The number of rotatable bonds is 6. The van der Waals surface area contributed by atoms with Crippen LogP contribution in [-0.4, -0.2) is 23.5 Å². The first-order valence-electron chi connectivity index (χ1n) is 6.41. The minimum Gasteiger partial charge on any atom is -0.462 e. The monoisotopic (exact) mass is 303 g/mol. The Morgan fingerprint density at radius 1 is 1.30 bits per heavy atom. The molecule has 1 rings (SSSR count). The molecule has 0 fully saturated rings. The van der Waals surface area contributed by atoms with Crippen molar-refractivity contribution < 1.29 is 23.5 Å². The molecule has 1 unspecified atom stereocenters.